The lowest BCUT2D eigenvalue weighted by Crippen LogP contribution is -2.13. The molecule has 4 rings (SSSR count). The number of halogens is 1. The first-order valence-electron chi connectivity index (χ1n) is 11.9. The number of aromatic nitrogens is 2. The number of hydrogen-bond acceptors (Lipinski definition) is 7. The molecule has 0 saturated carbocycles. The highest BCUT2D eigenvalue weighted by Crippen LogP contribution is 2.32. The van der Waals surface area contributed by atoms with Gasteiger partial charge >= 0.3 is 0 Å². The number of nitrogens with one attached hydrogen (secondary N) is 3. The van der Waals surface area contributed by atoms with Gasteiger partial charge < -0.3 is 25.6 Å². The minimum Gasteiger partial charge on any atom is -0.492 e. The van der Waals surface area contributed by atoms with Crippen LogP contribution < -0.4 is 20.7 Å². The van der Waals surface area contributed by atoms with Crippen LogP contribution in [0.1, 0.15) is 6.92 Å². The highest BCUT2D eigenvalue weighted by atomic mass is 35.5. The van der Waals surface area contributed by atoms with E-state index in [-0.39, 0.29) is 5.91 Å². The summed E-state index contributed by atoms with van der Waals surface area (Å²) in [6, 6.07) is 19.5. The number of fused-ring (bicyclic) bond motifs is 1. The van der Waals surface area contributed by atoms with E-state index >= 15 is 0 Å². The highest BCUT2D eigenvalue weighted by molar-refractivity contribution is 6.33. The van der Waals surface area contributed by atoms with E-state index in [2.05, 4.69) is 32.0 Å². The number of hydrogen-bond donors (Lipinski definition) is 3. The summed E-state index contributed by atoms with van der Waals surface area (Å²) < 4.78 is 5.76. The number of benzene rings is 3. The monoisotopic (exact) mass is 516 g/mol. The topological polar surface area (TPSA) is 91.4 Å². The van der Waals surface area contributed by atoms with Crippen LogP contribution in [0.25, 0.3) is 10.8 Å². The first kappa shape index (κ1) is 25.9. The third-order valence-corrected chi connectivity index (χ3v) is 5.57. The fourth-order valence-corrected chi connectivity index (χ4v) is 3.72. The molecular formula is C28H29ClN6O2. The van der Waals surface area contributed by atoms with Crippen LogP contribution in [0.4, 0.5) is 28.8 Å². The average Bonchev–Trinajstić information content (AvgIpc) is 2.87. The van der Waals surface area contributed by atoms with Gasteiger partial charge in [-0.25, -0.2) is 4.98 Å². The van der Waals surface area contributed by atoms with Crippen LogP contribution >= 0.6 is 11.6 Å². The molecule has 0 spiro atoms. The highest BCUT2D eigenvalue weighted by Gasteiger charge is 2.11. The van der Waals surface area contributed by atoms with Crippen molar-refractivity contribution in [3.63, 3.8) is 0 Å². The Morgan fingerprint density at radius 2 is 1.81 bits per heavy atom. The maximum absolute atomic E-state index is 12.3. The molecule has 1 amide bonds. The van der Waals surface area contributed by atoms with Crippen molar-refractivity contribution in [3.8, 4) is 5.75 Å². The third-order valence-electron chi connectivity index (χ3n) is 5.29. The minimum atomic E-state index is -0.221. The molecule has 0 radical (unpaired) electrons. The molecule has 4 aromatic rings. The van der Waals surface area contributed by atoms with Gasteiger partial charge in [0.25, 0.3) is 0 Å². The van der Waals surface area contributed by atoms with Crippen molar-refractivity contribution in [2.24, 2.45) is 0 Å². The quantitative estimate of drug-likeness (QED) is 0.215. The van der Waals surface area contributed by atoms with Crippen molar-refractivity contribution in [2.45, 2.75) is 6.92 Å². The lowest BCUT2D eigenvalue weighted by atomic mass is 10.1. The minimum absolute atomic E-state index is 0.221. The summed E-state index contributed by atoms with van der Waals surface area (Å²) in [6.07, 6.45) is 4.84. The van der Waals surface area contributed by atoms with Crippen LogP contribution in [0.15, 0.2) is 79.0 Å². The predicted molar refractivity (Wildman–Crippen MR) is 151 cm³/mol. The molecule has 1 heterocycles. The van der Waals surface area contributed by atoms with Crippen molar-refractivity contribution in [1.29, 1.82) is 0 Å². The number of amides is 1. The largest absolute Gasteiger partial charge is 0.492 e. The molecule has 0 fully saturated rings. The molecule has 3 aromatic carbocycles. The fourth-order valence-electron chi connectivity index (χ4n) is 3.58. The summed E-state index contributed by atoms with van der Waals surface area (Å²) in [5.41, 5.74) is 2.07. The van der Waals surface area contributed by atoms with Crippen LogP contribution in [0.2, 0.25) is 5.02 Å². The Balaban J connectivity index is 1.54. The van der Waals surface area contributed by atoms with Gasteiger partial charge in [-0.15, -0.1) is 0 Å². The van der Waals surface area contributed by atoms with Gasteiger partial charge in [0.05, 0.1) is 18.5 Å². The second-order valence-corrected chi connectivity index (χ2v) is 8.91. The first-order chi connectivity index (χ1) is 17.9. The van der Waals surface area contributed by atoms with E-state index in [9.17, 15) is 4.79 Å². The Bertz CT molecular complexity index is 1420. The van der Waals surface area contributed by atoms with E-state index in [4.69, 9.17) is 16.3 Å². The molecule has 8 nitrogen and oxygen atoms in total. The Kier molecular flexibility index (Phi) is 8.56. The van der Waals surface area contributed by atoms with Crippen LogP contribution in [-0.2, 0) is 4.79 Å². The van der Waals surface area contributed by atoms with Gasteiger partial charge in [-0.05, 0) is 62.1 Å². The smallest absolute Gasteiger partial charge is 0.248 e. The van der Waals surface area contributed by atoms with E-state index in [1.165, 1.54) is 12.3 Å². The summed E-state index contributed by atoms with van der Waals surface area (Å²) in [7, 11) is 3.88. The number of nitrogens with zero attached hydrogens (tertiary/aromatic N) is 3. The molecule has 0 unspecified atom stereocenters. The fraction of sp³-hybridized carbons (Fsp3) is 0.179. The molecule has 9 heteroatoms. The van der Waals surface area contributed by atoms with E-state index in [0.717, 1.165) is 16.5 Å². The van der Waals surface area contributed by atoms with Gasteiger partial charge in [0.2, 0.25) is 11.9 Å². The first-order valence-corrected chi connectivity index (χ1v) is 12.2. The van der Waals surface area contributed by atoms with Crippen LogP contribution in [-0.4, -0.2) is 48.0 Å². The number of rotatable bonds is 10. The summed E-state index contributed by atoms with van der Waals surface area (Å²) in [5.74, 6) is 1.17. The van der Waals surface area contributed by atoms with Gasteiger partial charge in [0.15, 0.2) is 5.82 Å². The van der Waals surface area contributed by atoms with E-state index in [1.54, 1.807) is 24.3 Å². The molecule has 1 aromatic heterocycles. The summed E-state index contributed by atoms with van der Waals surface area (Å²) >= 11 is 6.40. The molecule has 0 aliphatic carbocycles. The molecule has 0 saturated heterocycles. The van der Waals surface area contributed by atoms with Crippen molar-refractivity contribution in [2.75, 3.05) is 43.2 Å². The number of ether oxygens (including phenoxy) is 1. The maximum atomic E-state index is 12.3. The number of anilines is 5. The van der Waals surface area contributed by atoms with Crippen LogP contribution in [0.5, 0.6) is 5.75 Å². The van der Waals surface area contributed by atoms with Gasteiger partial charge in [-0.1, -0.05) is 48.0 Å². The van der Waals surface area contributed by atoms with Crippen LogP contribution in [0.3, 0.4) is 0 Å². The number of carbonyl (C=O) groups is 1. The Hall–Kier alpha value is -4.14. The van der Waals surface area contributed by atoms with Gasteiger partial charge in [0, 0.05) is 24.0 Å². The van der Waals surface area contributed by atoms with Crippen molar-refractivity contribution in [3.05, 3.63) is 84.0 Å². The molecule has 0 aliphatic heterocycles. The van der Waals surface area contributed by atoms with E-state index in [1.807, 2.05) is 62.3 Å². The second kappa shape index (κ2) is 12.2. The van der Waals surface area contributed by atoms with Crippen molar-refractivity contribution < 1.29 is 9.53 Å². The third kappa shape index (κ3) is 7.19. The zero-order valence-electron chi connectivity index (χ0n) is 21.0. The second-order valence-electron chi connectivity index (χ2n) is 8.50. The number of carbonyl (C=O) groups excluding carboxylic acids is 1. The summed E-state index contributed by atoms with van der Waals surface area (Å²) in [5, 5.41) is 12.0. The van der Waals surface area contributed by atoms with Crippen LogP contribution in [0, 0.1) is 0 Å². The van der Waals surface area contributed by atoms with Gasteiger partial charge in [-0.2, -0.15) is 4.98 Å². The summed E-state index contributed by atoms with van der Waals surface area (Å²) in [4.78, 5) is 23.2. The van der Waals surface area contributed by atoms with Gasteiger partial charge in [-0.3, -0.25) is 4.79 Å². The predicted octanol–water partition coefficient (Wildman–Crippen LogP) is 6.23. The lowest BCUT2D eigenvalue weighted by molar-refractivity contribution is -0.111. The SMILES string of the molecule is CCOc1ccc(NC(=O)/C=C/CN(C)C)cc1Nc1ncc(Cl)c(Nc2ccc3ccccc3c2)n1. The van der Waals surface area contributed by atoms with Crippen molar-refractivity contribution in [1.82, 2.24) is 14.9 Å². The molecule has 0 aliphatic rings. The molecule has 3 N–H and O–H groups in total. The number of likely N-dealkylation sites (N-methyl/N-ethyl adjacent to an activating group) is 1. The normalized spacial score (nSPS) is 11.2. The molecule has 0 atom stereocenters. The van der Waals surface area contributed by atoms with Gasteiger partial charge in [0.1, 0.15) is 10.8 Å². The molecule has 37 heavy (non-hydrogen) atoms. The summed E-state index contributed by atoms with van der Waals surface area (Å²) in [6.45, 7) is 3.05. The molecule has 190 valence electrons. The Labute approximate surface area is 221 Å². The zero-order valence-corrected chi connectivity index (χ0v) is 21.7. The molecular weight excluding hydrogens is 488 g/mol. The zero-order chi connectivity index (χ0) is 26.2. The lowest BCUT2D eigenvalue weighted by Gasteiger charge is -2.15. The maximum Gasteiger partial charge on any atom is 0.248 e. The standard InChI is InChI=1S/C28H29ClN6O2/c1-4-37-25-14-13-22(31-26(36)10-7-15-35(2)3)17-24(25)33-28-30-18-23(29)27(34-28)32-21-12-11-19-8-5-6-9-20(19)16-21/h5-14,16-18H,4,15H2,1-3H3,(H,31,36)(H2,30,32,33,34)/b10-7+. The van der Waals surface area contributed by atoms with E-state index < -0.39 is 0 Å². The Morgan fingerprint density at radius 1 is 1.03 bits per heavy atom. The average molecular weight is 517 g/mol. The van der Waals surface area contributed by atoms with Crippen molar-refractivity contribution >= 4 is 57.1 Å². The molecule has 0 bridgehead atoms. The van der Waals surface area contributed by atoms with E-state index in [0.29, 0.717) is 47.1 Å². The Morgan fingerprint density at radius 3 is 2.59 bits per heavy atom.